The molecule has 1 fully saturated rings. The highest BCUT2D eigenvalue weighted by Gasteiger charge is 2.27. The summed E-state index contributed by atoms with van der Waals surface area (Å²) in [6.07, 6.45) is 2.87. The Morgan fingerprint density at radius 1 is 1.33 bits per heavy atom. The van der Waals surface area contributed by atoms with Crippen LogP contribution in [0.2, 0.25) is 0 Å². The lowest BCUT2D eigenvalue weighted by Gasteiger charge is -2.34. The van der Waals surface area contributed by atoms with Gasteiger partial charge in [-0.25, -0.2) is 0 Å². The maximum atomic E-state index is 9.26. The minimum absolute atomic E-state index is 0.0463. The number of hydrogen-bond acceptors (Lipinski definition) is 3. The summed E-state index contributed by atoms with van der Waals surface area (Å²) >= 11 is 0. The van der Waals surface area contributed by atoms with Crippen LogP contribution < -0.4 is 5.73 Å². The van der Waals surface area contributed by atoms with Crippen molar-refractivity contribution in [2.75, 3.05) is 20.1 Å². The summed E-state index contributed by atoms with van der Waals surface area (Å²) in [6.45, 7) is 2.10. The van der Waals surface area contributed by atoms with E-state index in [0.29, 0.717) is 5.92 Å². The van der Waals surface area contributed by atoms with Crippen molar-refractivity contribution in [3.8, 4) is 0 Å². The maximum absolute atomic E-state index is 9.26. The molecule has 3 nitrogen and oxygen atoms in total. The SMILES string of the molecule is CN(CCC(N)c1ccccc1)CC1CC(O)C1. The van der Waals surface area contributed by atoms with Crippen LogP contribution in [0.1, 0.15) is 30.9 Å². The summed E-state index contributed by atoms with van der Waals surface area (Å²) in [5.41, 5.74) is 7.39. The van der Waals surface area contributed by atoms with Crippen molar-refractivity contribution in [1.29, 1.82) is 0 Å². The standard InChI is InChI=1S/C15H24N2O/c1-17(11-12-9-14(18)10-12)8-7-15(16)13-5-3-2-4-6-13/h2-6,12,14-15,18H,7-11,16H2,1H3. The zero-order chi connectivity index (χ0) is 13.0. The fourth-order valence-electron chi connectivity index (χ4n) is 2.61. The molecular weight excluding hydrogens is 224 g/mol. The predicted octanol–water partition coefficient (Wildman–Crippen LogP) is 1.78. The number of benzene rings is 1. The average molecular weight is 248 g/mol. The first kappa shape index (κ1) is 13.5. The Hall–Kier alpha value is -0.900. The molecule has 0 radical (unpaired) electrons. The number of aliphatic hydroxyl groups is 1. The lowest BCUT2D eigenvalue weighted by Crippen LogP contribution is -2.37. The van der Waals surface area contributed by atoms with Crippen LogP contribution in [0.5, 0.6) is 0 Å². The first-order valence-electron chi connectivity index (χ1n) is 6.82. The van der Waals surface area contributed by atoms with E-state index >= 15 is 0 Å². The van der Waals surface area contributed by atoms with Crippen molar-refractivity contribution in [2.24, 2.45) is 11.7 Å². The smallest absolute Gasteiger partial charge is 0.0546 e. The fraction of sp³-hybridized carbons (Fsp3) is 0.600. The average Bonchev–Trinajstić information content (AvgIpc) is 2.35. The number of nitrogens with zero attached hydrogens (tertiary/aromatic N) is 1. The molecule has 1 aromatic carbocycles. The number of hydrogen-bond donors (Lipinski definition) is 2. The zero-order valence-corrected chi connectivity index (χ0v) is 11.1. The molecule has 1 aromatic rings. The molecule has 0 amide bonds. The Morgan fingerprint density at radius 2 is 2.00 bits per heavy atom. The predicted molar refractivity (Wildman–Crippen MR) is 74.2 cm³/mol. The summed E-state index contributed by atoms with van der Waals surface area (Å²) in [7, 11) is 2.14. The van der Waals surface area contributed by atoms with Crippen molar-refractivity contribution in [1.82, 2.24) is 4.90 Å². The highest BCUT2D eigenvalue weighted by molar-refractivity contribution is 5.18. The van der Waals surface area contributed by atoms with Crippen molar-refractivity contribution in [2.45, 2.75) is 31.4 Å². The largest absolute Gasteiger partial charge is 0.393 e. The maximum Gasteiger partial charge on any atom is 0.0546 e. The van der Waals surface area contributed by atoms with Crippen molar-refractivity contribution in [3.63, 3.8) is 0 Å². The number of rotatable bonds is 6. The molecule has 3 heteroatoms. The lowest BCUT2D eigenvalue weighted by molar-refractivity contribution is 0.0280. The van der Waals surface area contributed by atoms with Crippen LogP contribution in [-0.2, 0) is 0 Å². The molecule has 0 aliphatic heterocycles. The molecule has 0 bridgehead atoms. The summed E-state index contributed by atoms with van der Waals surface area (Å²) < 4.78 is 0. The molecule has 2 rings (SSSR count). The van der Waals surface area contributed by atoms with Crippen molar-refractivity contribution >= 4 is 0 Å². The Bertz CT molecular complexity index is 349. The van der Waals surface area contributed by atoms with Crippen LogP contribution in [0.3, 0.4) is 0 Å². The summed E-state index contributed by atoms with van der Waals surface area (Å²) in [5.74, 6) is 0.679. The van der Waals surface area contributed by atoms with Gasteiger partial charge in [0.2, 0.25) is 0 Å². The van der Waals surface area contributed by atoms with Gasteiger partial charge in [-0.2, -0.15) is 0 Å². The van der Waals surface area contributed by atoms with E-state index in [2.05, 4.69) is 24.1 Å². The van der Waals surface area contributed by atoms with Gasteiger partial charge in [0.05, 0.1) is 6.10 Å². The van der Waals surface area contributed by atoms with Crippen LogP contribution in [0.4, 0.5) is 0 Å². The third-order valence-corrected chi connectivity index (χ3v) is 3.83. The second-order valence-electron chi connectivity index (χ2n) is 5.56. The van der Waals surface area contributed by atoms with E-state index in [4.69, 9.17) is 5.73 Å². The molecule has 3 N–H and O–H groups in total. The van der Waals surface area contributed by atoms with E-state index in [-0.39, 0.29) is 12.1 Å². The van der Waals surface area contributed by atoms with Gasteiger partial charge in [-0.05, 0) is 44.3 Å². The van der Waals surface area contributed by atoms with E-state index in [0.717, 1.165) is 32.4 Å². The van der Waals surface area contributed by atoms with Gasteiger partial charge in [-0.15, -0.1) is 0 Å². The second-order valence-corrected chi connectivity index (χ2v) is 5.56. The van der Waals surface area contributed by atoms with E-state index in [1.165, 1.54) is 5.56 Å². The Morgan fingerprint density at radius 3 is 2.61 bits per heavy atom. The van der Waals surface area contributed by atoms with Crippen molar-refractivity contribution < 1.29 is 5.11 Å². The summed E-state index contributed by atoms with van der Waals surface area (Å²) in [4.78, 5) is 2.33. The molecule has 1 aliphatic carbocycles. The highest BCUT2D eigenvalue weighted by atomic mass is 16.3. The topological polar surface area (TPSA) is 49.5 Å². The Kier molecular flexibility index (Phi) is 4.75. The van der Waals surface area contributed by atoms with E-state index < -0.39 is 0 Å². The van der Waals surface area contributed by atoms with E-state index in [1.54, 1.807) is 0 Å². The molecule has 1 saturated carbocycles. The molecular formula is C15H24N2O. The normalized spacial score (nSPS) is 24.9. The third-order valence-electron chi connectivity index (χ3n) is 3.83. The van der Waals surface area contributed by atoms with E-state index in [9.17, 15) is 5.11 Å². The Labute approximate surface area is 110 Å². The molecule has 1 aliphatic rings. The minimum atomic E-state index is -0.0463. The van der Waals surface area contributed by atoms with Gasteiger partial charge in [0, 0.05) is 12.6 Å². The lowest BCUT2D eigenvalue weighted by atomic mass is 9.82. The van der Waals surface area contributed by atoms with Gasteiger partial charge in [-0.3, -0.25) is 0 Å². The van der Waals surface area contributed by atoms with Crippen LogP contribution in [-0.4, -0.2) is 36.2 Å². The molecule has 0 spiro atoms. The van der Waals surface area contributed by atoms with Gasteiger partial charge in [0.1, 0.15) is 0 Å². The van der Waals surface area contributed by atoms with Crippen molar-refractivity contribution in [3.05, 3.63) is 35.9 Å². The summed E-state index contributed by atoms with van der Waals surface area (Å²) in [5, 5.41) is 9.26. The fourth-order valence-corrected chi connectivity index (χ4v) is 2.61. The second kappa shape index (κ2) is 6.32. The monoisotopic (exact) mass is 248 g/mol. The summed E-state index contributed by atoms with van der Waals surface area (Å²) in [6, 6.07) is 10.4. The van der Waals surface area contributed by atoms with Gasteiger partial charge in [0.25, 0.3) is 0 Å². The zero-order valence-electron chi connectivity index (χ0n) is 11.1. The van der Waals surface area contributed by atoms with Gasteiger partial charge >= 0.3 is 0 Å². The van der Waals surface area contributed by atoms with Gasteiger partial charge < -0.3 is 15.7 Å². The molecule has 1 atom stereocenters. The van der Waals surface area contributed by atoms with E-state index in [1.807, 2.05) is 18.2 Å². The molecule has 100 valence electrons. The molecule has 0 saturated heterocycles. The van der Waals surface area contributed by atoms with Crippen LogP contribution in [0, 0.1) is 5.92 Å². The first-order valence-corrected chi connectivity index (χ1v) is 6.82. The van der Waals surface area contributed by atoms with Gasteiger partial charge in [0.15, 0.2) is 0 Å². The first-order chi connectivity index (χ1) is 8.65. The molecule has 0 aromatic heterocycles. The van der Waals surface area contributed by atoms with Gasteiger partial charge in [-0.1, -0.05) is 30.3 Å². The highest BCUT2D eigenvalue weighted by Crippen LogP contribution is 2.27. The van der Waals surface area contributed by atoms with Crippen LogP contribution >= 0.6 is 0 Å². The number of aliphatic hydroxyl groups excluding tert-OH is 1. The molecule has 0 heterocycles. The van der Waals surface area contributed by atoms with Crippen LogP contribution in [0.15, 0.2) is 30.3 Å². The number of nitrogens with two attached hydrogens (primary N) is 1. The molecule has 1 unspecified atom stereocenters. The third kappa shape index (κ3) is 3.80. The minimum Gasteiger partial charge on any atom is -0.393 e. The Balaban J connectivity index is 1.68. The quantitative estimate of drug-likeness (QED) is 0.807. The molecule has 18 heavy (non-hydrogen) atoms. The van der Waals surface area contributed by atoms with Crippen LogP contribution in [0.25, 0.3) is 0 Å².